The van der Waals surface area contributed by atoms with Gasteiger partial charge in [0.25, 0.3) is 0 Å². The molecule has 130 valence electrons. The van der Waals surface area contributed by atoms with Gasteiger partial charge in [-0.25, -0.2) is 9.59 Å². The number of methoxy groups -OCH3 is 1. The Morgan fingerprint density at radius 1 is 1.43 bits per heavy atom. The third kappa shape index (κ3) is 3.14. The third-order valence-electron chi connectivity index (χ3n) is 3.87. The summed E-state index contributed by atoms with van der Waals surface area (Å²) in [6.45, 7) is -1.02. The van der Waals surface area contributed by atoms with Crippen LogP contribution in [0.3, 0.4) is 0 Å². The molecule has 0 spiro atoms. The summed E-state index contributed by atoms with van der Waals surface area (Å²) in [6, 6.07) is -0.918. The lowest BCUT2D eigenvalue weighted by Crippen LogP contribution is -2.62. The van der Waals surface area contributed by atoms with Crippen molar-refractivity contribution in [3.05, 3.63) is 0 Å². The maximum Gasteiger partial charge on any atom is 0.335 e. The SMILES string of the molecule is COC(=O)C(O)C1CN([C@@H]2O[C@H](CO)[C@@H](O)[C@H]2O)C(=O)NC1=O. The van der Waals surface area contributed by atoms with E-state index in [1.807, 2.05) is 5.32 Å². The van der Waals surface area contributed by atoms with E-state index in [1.165, 1.54) is 0 Å². The average molecular weight is 334 g/mol. The maximum absolute atomic E-state index is 11.9. The van der Waals surface area contributed by atoms with Crippen molar-refractivity contribution < 1.29 is 44.3 Å². The van der Waals surface area contributed by atoms with Gasteiger partial charge in [0.1, 0.15) is 18.3 Å². The molecule has 2 heterocycles. The molecule has 5 N–H and O–H groups in total. The zero-order chi connectivity index (χ0) is 17.3. The lowest BCUT2D eigenvalue weighted by atomic mass is 9.98. The van der Waals surface area contributed by atoms with Crippen molar-refractivity contribution >= 4 is 17.9 Å². The second-order valence-electron chi connectivity index (χ2n) is 5.25. The molecule has 2 aliphatic heterocycles. The Kier molecular flexibility index (Phi) is 5.16. The molecule has 0 bridgehead atoms. The fourth-order valence-electron chi connectivity index (χ4n) is 2.53. The average Bonchev–Trinajstić information content (AvgIpc) is 2.81. The normalized spacial score (nSPS) is 35.9. The van der Waals surface area contributed by atoms with Crippen molar-refractivity contribution in [2.24, 2.45) is 5.92 Å². The molecule has 0 aromatic heterocycles. The Labute approximate surface area is 130 Å². The van der Waals surface area contributed by atoms with Crippen molar-refractivity contribution in [2.75, 3.05) is 20.3 Å². The maximum atomic E-state index is 11.9. The van der Waals surface area contributed by atoms with Crippen LogP contribution in [0.5, 0.6) is 0 Å². The highest BCUT2D eigenvalue weighted by molar-refractivity contribution is 6.00. The van der Waals surface area contributed by atoms with Gasteiger partial charge in [-0.05, 0) is 0 Å². The molecule has 0 radical (unpaired) electrons. The van der Waals surface area contributed by atoms with Crippen molar-refractivity contribution in [1.29, 1.82) is 0 Å². The van der Waals surface area contributed by atoms with Crippen LogP contribution in [0.4, 0.5) is 4.79 Å². The Hall–Kier alpha value is -1.79. The van der Waals surface area contributed by atoms with E-state index in [-0.39, 0.29) is 0 Å². The molecular formula is C12H18N2O9. The van der Waals surface area contributed by atoms with Crippen LogP contribution in [0.15, 0.2) is 0 Å². The number of urea groups is 1. The monoisotopic (exact) mass is 334 g/mol. The first-order chi connectivity index (χ1) is 10.8. The number of carbonyl (C=O) groups excluding carboxylic acids is 3. The van der Waals surface area contributed by atoms with Crippen LogP contribution in [0.2, 0.25) is 0 Å². The molecule has 11 heteroatoms. The summed E-state index contributed by atoms with van der Waals surface area (Å²) in [4.78, 5) is 35.9. The lowest BCUT2D eigenvalue weighted by molar-refractivity contribution is -0.160. The lowest BCUT2D eigenvalue weighted by Gasteiger charge is -2.37. The Morgan fingerprint density at radius 3 is 2.61 bits per heavy atom. The minimum Gasteiger partial charge on any atom is -0.467 e. The molecule has 2 rings (SSSR count). The smallest absolute Gasteiger partial charge is 0.335 e. The highest BCUT2D eigenvalue weighted by Gasteiger charge is 2.50. The zero-order valence-electron chi connectivity index (χ0n) is 12.2. The van der Waals surface area contributed by atoms with Gasteiger partial charge in [0.15, 0.2) is 12.3 Å². The van der Waals surface area contributed by atoms with Gasteiger partial charge in [-0.2, -0.15) is 0 Å². The summed E-state index contributed by atoms with van der Waals surface area (Å²) in [5.74, 6) is -3.27. The predicted octanol–water partition coefficient (Wildman–Crippen LogP) is -3.87. The second kappa shape index (κ2) is 6.76. The molecule has 2 fully saturated rings. The van der Waals surface area contributed by atoms with Crippen LogP contribution in [-0.4, -0.2) is 94.1 Å². The minimum atomic E-state index is -1.81. The quantitative estimate of drug-likeness (QED) is 0.323. The third-order valence-corrected chi connectivity index (χ3v) is 3.87. The van der Waals surface area contributed by atoms with Crippen LogP contribution in [0, 0.1) is 5.92 Å². The number of nitrogens with zero attached hydrogens (tertiary/aromatic N) is 1. The van der Waals surface area contributed by atoms with Crippen LogP contribution in [0.25, 0.3) is 0 Å². The van der Waals surface area contributed by atoms with Crippen LogP contribution >= 0.6 is 0 Å². The fraction of sp³-hybridized carbons (Fsp3) is 0.750. The van der Waals surface area contributed by atoms with Gasteiger partial charge >= 0.3 is 12.0 Å². The van der Waals surface area contributed by atoms with E-state index in [4.69, 9.17) is 9.84 Å². The molecule has 11 nitrogen and oxygen atoms in total. The molecule has 2 unspecified atom stereocenters. The number of imide groups is 1. The van der Waals surface area contributed by atoms with Crippen molar-refractivity contribution in [3.8, 4) is 0 Å². The van der Waals surface area contributed by atoms with Crippen molar-refractivity contribution in [1.82, 2.24) is 10.2 Å². The predicted molar refractivity (Wildman–Crippen MR) is 69.5 cm³/mol. The zero-order valence-corrected chi connectivity index (χ0v) is 12.2. The number of esters is 1. The molecular weight excluding hydrogens is 316 g/mol. The number of rotatable bonds is 4. The second-order valence-corrected chi connectivity index (χ2v) is 5.25. The number of carbonyl (C=O) groups is 3. The molecule has 23 heavy (non-hydrogen) atoms. The molecule has 0 aromatic carbocycles. The van der Waals surface area contributed by atoms with E-state index in [2.05, 4.69) is 4.74 Å². The molecule has 2 saturated heterocycles. The van der Waals surface area contributed by atoms with E-state index < -0.39 is 67.6 Å². The standard InChI is InChI=1S/C12H18N2O9/c1-22-11(20)6(16)4-2-14(12(21)13-9(4)19)10-8(18)7(17)5(3-15)23-10/h4-8,10,15-18H,2-3H2,1H3,(H,13,19,21)/t4?,5-,6?,7-,8-,10-/m1/s1. The topological polar surface area (TPSA) is 166 Å². The van der Waals surface area contributed by atoms with Crippen LogP contribution in [-0.2, 0) is 19.1 Å². The van der Waals surface area contributed by atoms with Gasteiger partial charge in [-0.3, -0.25) is 15.0 Å². The van der Waals surface area contributed by atoms with Gasteiger partial charge in [0, 0.05) is 6.54 Å². The highest BCUT2D eigenvalue weighted by Crippen LogP contribution is 2.27. The fourth-order valence-corrected chi connectivity index (χ4v) is 2.53. The van der Waals surface area contributed by atoms with Gasteiger partial charge in [0.2, 0.25) is 5.91 Å². The first-order valence-electron chi connectivity index (χ1n) is 6.81. The largest absolute Gasteiger partial charge is 0.467 e. The van der Waals surface area contributed by atoms with Crippen molar-refractivity contribution in [3.63, 3.8) is 0 Å². The van der Waals surface area contributed by atoms with Gasteiger partial charge < -0.3 is 29.9 Å². The Balaban J connectivity index is 2.17. The van der Waals surface area contributed by atoms with E-state index in [0.717, 1.165) is 12.0 Å². The molecule has 0 saturated carbocycles. The Bertz CT molecular complexity index is 499. The number of hydrogen-bond donors (Lipinski definition) is 5. The molecule has 3 amide bonds. The van der Waals surface area contributed by atoms with Crippen LogP contribution < -0.4 is 5.32 Å². The molecule has 2 aliphatic rings. The number of hydrogen-bond acceptors (Lipinski definition) is 9. The first kappa shape index (κ1) is 17.6. The van der Waals surface area contributed by atoms with Gasteiger partial charge in [-0.15, -0.1) is 0 Å². The number of aliphatic hydroxyl groups excluding tert-OH is 4. The van der Waals surface area contributed by atoms with Crippen LogP contribution in [0.1, 0.15) is 0 Å². The molecule has 0 aliphatic carbocycles. The van der Waals surface area contributed by atoms with Gasteiger partial charge in [0.05, 0.1) is 19.6 Å². The summed E-state index contributed by atoms with van der Waals surface area (Å²) in [7, 11) is 1.03. The number of nitrogens with one attached hydrogen (secondary N) is 1. The summed E-state index contributed by atoms with van der Waals surface area (Å²) >= 11 is 0. The number of aliphatic hydroxyl groups is 4. The first-order valence-corrected chi connectivity index (χ1v) is 6.81. The minimum absolute atomic E-state index is 0.437. The summed E-state index contributed by atoms with van der Waals surface area (Å²) in [5.41, 5.74) is 0. The summed E-state index contributed by atoms with van der Waals surface area (Å²) < 4.78 is 9.55. The van der Waals surface area contributed by atoms with E-state index in [9.17, 15) is 29.7 Å². The molecule has 6 atom stereocenters. The van der Waals surface area contributed by atoms with E-state index in [1.54, 1.807) is 0 Å². The molecule has 0 aromatic rings. The summed E-state index contributed by atoms with van der Waals surface area (Å²) in [6.07, 6.45) is -7.22. The Morgan fingerprint density at radius 2 is 2.09 bits per heavy atom. The van der Waals surface area contributed by atoms with Gasteiger partial charge in [-0.1, -0.05) is 0 Å². The van der Waals surface area contributed by atoms with E-state index >= 15 is 0 Å². The highest BCUT2D eigenvalue weighted by atomic mass is 16.6. The van der Waals surface area contributed by atoms with Crippen molar-refractivity contribution in [2.45, 2.75) is 30.6 Å². The number of ether oxygens (including phenoxy) is 2. The van der Waals surface area contributed by atoms with E-state index in [0.29, 0.717) is 0 Å². The summed E-state index contributed by atoms with van der Waals surface area (Å²) in [5, 5.41) is 40.4. The number of amides is 3.